The lowest BCUT2D eigenvalue weighted by atomic mass is 9.90. The van der Waals surface area contributed by atoms with Gasteiger partial charge in [0.2, 0.25) is 0 Å². The van der Waals surface area contributed by atoms with E-state index < -0.39 is 5.60 Å². The molecule has 3 nitrogen and oxygen atoms in total. The number of aliphatic hydroxyl groups is 1. The molecule has 2 atom stereocenters. The molecule has 0 aromatic carbocycles. The molecule has 1 saturated heterocycles. The molecule has 0 saturated carbocycles. The Kier molecular flexibility index (Phi) is 2.06. The maximum Gasteiger partial charge on any atom is 0.151 e. The summed E-state index contributed by atoms with van der Waals surface area (Å²) in [5, 5.41) is 9.37. The lowest BCUT2D eigenvalue weighted by molar-refractivity contribution is -0.127. The Morgan fingerprint density at radius 2 is 2.50 bits per heavy atom. The molecule has 0 amide bonds. The van der Waals surface area contributed by atoms with E-state index in [-0.39, 0.29) is 5.92 Å². The lowest BCUT2D eigenvalue weighted by Crippen LogP contribution is -2.36. The van der Waals surface area contributed by atoms with E-state index in [9.17, 15) is 9.90 Å². The van der Waals surface area contributed by atoms with Crippen LogP contribution in [0.15, 0.2) is 0 Å². The van der Waals surface area contributed by atoms with Gasteiger partial charge in [0.15, 0.2) is 6.29 Å². The zero-order chi connectivity index (χ0) is 7.61. The molecule has 1 aliphatic rings. The highest BCUT2D eigenvalue weighted by atomic mass is 16.5. The van der Waals surface area contributed by atoms with Crippen molar-refractivity contribution in [3.05, 3.63) is 0 Å². The normalized spacial score (nSPS) is 31.6. The largest absolute Gasteiger partial charge is 0.382 e. The number of hydrogen-bond acceptors (Lipinski definition) is 3. The minimum absolute atomic E-state index is 0.00926. The van der Waals surface area contributed by atoms with Gasteiger partial charge in [-0.25, -0.2) is 0 Å². The Labute approximate surface area is 60.0 Å². The first-order chi connectivity index (χ1) is 4.67. The van der Waals surface area contributed by atoms with Crippen LogP contribution in [0.3, 0.4) is 0 Å². The van der Waals surface area contributed by atoms with Gasteiger partial charge in [0.05, 0.1) is 6.61 Å². The summed E-state index contributed by atoms with van der Waals surface area (Å²) < 4.78 is 5.03. The topological polar surface area (TPSA) is 46.5 Å². The molecule has 1 aliphatic heterocycles. The van der Waals surface area contributed by atoms with Crippen LogP contribution >= 0.6 is 0 Å². The van der Waals surface area contributed by atoms with Crippen molar-refractivity contribution in [1.82, 2.24) is 0 Å². The standard InChI is InChI=1S/C7H12O3/c1-7(9,5-8)6-2-3-10-4-6/h5-6,9H,2-4H2,1H3/t6-,7-/m1/s1. The highest BCUT2D eigenvalue weighted by Crippen LogP contribution is 2.23. The molecule has 0 bridgehead atoms. The van der Waals surface area contributed by atoms with Crippen LogP contribution < -0.4 is 0 Å². The highest BCUT2D eigenvalue weighted by Gasteiger charge is 2.34. The van der Waals surface area contributed by atoms with E-state index >= 15 is 0 Å². The van der Waals surface area contributed by atoms with Gasteiger partial charge in [0.25, 0.3) is 0 Å². The first-order valence-electron chi connectivity index (χ1n) is 3.43. The fourth-order valence-electron chi connectivity index (χ4n) is 1.09. The average Bonchev–Trinajstić information content (AvgIpc) is 2.38. The fourth-order valence-corrected chi connectivity index (χ4v) is 1.09. The second-order valence-electron chi connectivity index (χ2n) is 2.90. The molecular weight excluding hydrogens is 132 g/mol. The Morgan fingerprint density at radius 3 is 2.90 bits per heavy atom. The van der Waals surface area contributed by atoms with Crippen LogP contribution in [0.1, 0.15) is 13.3 Å². The molecule has 0 spiro atoms. The van der Waals surface area contributed by atoms with Crippen LogP contribution in [-0.4, -0.2) is 30.2 Å². The van der Waals surface area contributed by atoms with E-state index in [2.05, 4.69) is 0 Å². The minimum Gasteiger partial charge on any atom is -0.382 e. The van der Waals surface area contributed by atoms with Crippen LogP contribution in [0, 0.1) is 5.92 Å². The summed E-state index contributed by atoms with van der Waals surface area (Å²) in [6, 6.07) is 0. The third-order valence-corrected chi connectivity index (χ3v) is 1.99. The molecule has 1 N–H and O–H groups in total. The van der Waals surface area contributed by atoms with Gasteiger partial charge in [-0.2, -0.15) is 0 Å². The predicted molar refractivity (Wildman–Crippen MR) is 35.6 cm³/mol. The number of carbonyl (C=O) groups excluding carboxylic acids is 1. The van der Waals surface area contributed by atoms with E-state index in [1.54, 1.807) is 0 Å². The van der Waals surface area contributed by atoms with Crippen LogP contribution in [0.4, 0.5) is 0 Å². The Hall–Kier alpha value is -0.410. The van der Waals surface area contributed by atoms with Crippen LogP contribution in [0.5, 0.6) is 0 Å². The third kappa shape index (κ3) is 1.36. The van der Waals surface area contributed by atoms with Crippen molar-refractivity contribution in [3.8, 4) is 0 Å². The van der Waals surface area contributed by atoms with Gasteiger partial charge in [-0.15, -0.1) is 0 Å². The summed E-state index contributed by atoms with van der Waals surface area (Å²) in [4.78, 5) is 10.3. The Balaban J connectivity index is 2.53. The van der Waals surface area contributed by atoms with E-state index in [1.807, 2.05) is 0 Å². The molecule has 10 heavy (non-hydrogen) atoms. The molecular formula is C7H12O3. The Morgan fingerprint density at radius 1 is 1.80 bits per heavy atom. The van der Waals surface area contributed by atoms with E-state index in [1.165, 1.54) is 6.92 Å². The Bertz CT molecular complexity index is 125. The molecule has 0 aromatic rings. The first-order valence-corrected chi connectivity index (χ1v) is 3.43. The van der Waals surface area contributed by atoms with E-state index in [4.69, 9.17) is 4.74 Å². The summed E-state index contributed by atoms with van der Waals surface area (Å²) in [5.41, 5.74) is -1.18. The van der Waals surface area contributed by atoms with Gasteiger partial charge < -0.3 is 14.6 Å². The van der Waals surface area contributed by atoms with Gasteiger partial charge in [-0.3, -0.25) is 0 Å². The van der Waals surface area contributed by atoms with Gasteiger partial charge in [0, 0.05) is 12.5 Å². The molecule has 0 radical (unpaired) electrons. The molecule has 1 rings (SSSR count). The van der Waals surface area contributed by atoms with Crippen molar-refractivity contribution in [2.45, 2.75) is 18.9 Å². The summed E-state index contributed by atoms with van der Waals surface area (Å²) in [7, 11) is 0. The lowest BCUT2D eigenvalue weighted by Gasteiger charge is -2.21. The van der Waals surface area contributed by atoms with Crippen LogP contribution in [-0.2, 0) is 9.53 Å². The predicted octanol–water partition coefficient (Wildman–Crippen LogP) is -0.0272. The van der Waals surface area contributed by atoms with Crippen molar-refractivity contribution < 1.29 is 14.6 Å². The average molecular weight is 144 g/mol. The maximum absolute atomic E-state index is 10.3. The van der Waals surface area contributed by atoms with Crippen molar-refractivity contribution in [2.75, 3.05) is 13.2 Å². The number of carbonyl (C=O) groups is 1. The summed E-state index contributed by atoms with van der Waals surface area (Å²) in [6.45, 7) is 2.69. The number of hydrogen-bond donors (Lipinski definition) is 1. The minimum atomic E-state index is -1.18. The van der Waals surface area contributed by atoms with Crippen molar-refractivity contribution in [2.24, 2.45) is 5.92 Å². The molecule has 0 aliphatic carbocycles. The number of aldehydes is 1. The second-order valence-corrected chi connectivity index (χ2v) is 2.90. The van der Waals surface area contributed by atoms with Crippen LogP contribution in [0.2, 0.25) is 0 Å². The second kappa shape index (κ2) is 2.68. The van der Waals surface area contributed by atoms with Gasteiger partial charge in [-0.1, -0.05) is 0 Å². The molecule has 0 aromatic heterocycles. The number of rotatable bonds is 2. The van der Waals surface area contributed by atoms with Gasteiger partial charge >= 0.3 is 0 Å². The first kappa shape index (κ1) is 7.69. The zero-order valence-corrected chi connectivity index (χ0v) is 6.04. The monoisotopic (exact) mass is 144 g/mol. The SMILES string of the molecule is C[C@@](O)(C=O)[C@@H]1CCOC1. The molecule has 0 unspecified atom stereocenters. The quantitative estimate of drug-likeness (QED) is 0.554. The smallest absolute Gasteiger partial charge is 0.151 e. The van der Waals surface area contributed by atoms with Crippen molar-refractivity contribution >= 4 is 6.29 Å². The van der Waals surface area contributed by atoms with Crippen molar-refractivity contribution in [3.63, 3.8) is 0 Å². The molecule has 58 valence electrons. The fraction of sp³-hybridized carbons (Fsp3) is 0.857. The molecule has 1 heterocycles. The van der Waals surface area contributed by atoms with E-state index in [0.717, 1.165) is 6.42 Å². The molecule has 3 heteroatoms. The summed E-state index contributed by atoms with van der Waals surface area (Å²) in [6.07, 6.45) is 1.37. The maximum atomic E-state index is 10.3. The van der Waals surface area contributed by atoms with Gasteiger partial charge in [-0.05, 0) is 13.3 Å². The summed E-state index contributed by atoms with van der Waals surface area (Å²) >= 11 is 0. The third-order valence-electron chi connectivity index (χ3n) is 1.99. The van der Waals surface area contributed by atoms with Crippen molar-refractivity contribution in [1.29, 1.82) is 0 Å². The summed E-state index contributed by atoms with van der Waals surface area (Å²) in [5.74, 6) is -0.00926. The number of ether oxygens (including phenoxy) is 1. The van der Waals surface area contributed by atoms with E-state index in [0.29, 0.717) is 19.5 Å². The van der Waals surface area contributed by atoms with Gasteiger partial charge in [0.1, 0.15) is 5.60 Å². The highest BCUT2D eigenvalue weighted by molar-refractivity contribution is 5.61. The van der Waals surface area contributed by atoms with Crippen LogP contribution in [0.25, 0.3) is 0 Å². The molecule has 1 fully saturated rings. The zero-order valence-electron chi connectivity index (χ0n) is 6.04.